The molecule has 0 unspecified atom stereocenters. The normalized spacial score (nSPS) is 11.2. The third-order valence-corrected chi connectivity index (χ3v) is 12.0. The van der Waals surface area contributed by atoms with Crippen LogP contribution in [-0.2, 0) is 0 Å². The van der Waals surface area contributed by atoms with Gasteiger partial charge in [-0.3, -0.25) is 0 Å². The van der Waals surface area contributed by atoms with Crippen LogP contribution in [0.15, 0.2) is 255 Å². The van der Waals surface area contributed by atoms with Crippen LogP contribution in [0.4, 0.5) is 17.1 Å². The maximum absolute atomic E-state index is 2.45. The second-order valence-corrected chi connectivity index (χ2v) is 15.7. The minimum absolute atomic E-state index is 1.07. The molecule has 1 heterocycles. The molecule has 1 aromatic heterocycles. The molecule has 0 atom stereocenters. The van der Waals surface area contributed by atoms with Crippen LogP contribution in [0.5, 0.6) is 0 Å². The quantitative estimate of drug-likeness (QED) is 0.141. The average Bonchev–Trinajstić information content (AvgIpc) is 3.69. The molecule has 0 aliphatic heterocycles. The van der Waals surface area contributed by atoms with E-state index in [-0.39, 0.29) is 0 Å². The average molecular weight is 791 g/mol. The monoisotopic (exact) mass is 790 g/mol. The first kappa shape index (κ1) is 36.8. The number of aromatic nitrogens is 1. The summed E-state index contributed by atoms with van der Waals surface area (Å²) in [6, 6.07) is 92.2. The molecule has 0 spiro atoms. The van der Waals surface area contributed by atoms with Crippen molar-refractivity contribution in [2.45, 2.75) is 0 Å². The van der Waals surface area contributed by atoms with Crippen LogP contribution in [0.25, 0.3) is 83.1 Å². The van der Waals surface area contributed by atoms with E-state index in [2.05, 4.69) is 264 Å². The highest BCUT2D eigenvalue weighted by Gasteiger charge is 2.22. The molecule has 62 heavy (non-hydrogen) atoms. The second-order valence-electron chi connectivity index (χ2n) is 15.7. The van der Waals surface area contributed by atoms with E-state index in [1.54, 1.807) is 0 Å². The number of para-hydroxylation sites is 1. The smallest absolute Gasteiger partial charge is 0.0561 e. The fourth-order valence-corrected chi connectivity index (χ4v) is 9.02. The zero-order chi connectivity index (χ0) is 41.2. The summed E-state index contributed by atoms with van der Waals surface area (Å²) in [5.74, 6) is 0. The van der Waals surface area contributed by atoms with Crippen molar-refractivity contribution in [3.05, 3.63) is 255 Å². The highest BCUT2D eigenvalue weighted by atomic mass is 15.1. The molecule has 11 rings (SSSR count). The first-order chi connectivity index (χ1) is 30.8. The molecule has 0 aliphatic rings. The molecule has 0 saturated carbocycles. The lowest BCUT2D eigenvalue weighted by Gasteiger charge is -2.29. The van der Waals surface area contributed by atoms with Gasteiger partial charge in [0.15, 0.2) is 0 Å². The Morgan fingerprint density at radius 3 is 1.34 bits per heavy atom. The first-order valence-corrected chi connectivity index (χ1v) is 21.3. The van der Waals surface area contributed by atoms with Crippen molar-refractivity contribution in [3.63, 3.8) is 0 Å². The highest BCUT2D eigenvalue weighted by molar-refractivity contribution is 6.11. The summed E-state index contributed by atoms with van der Waals surface area (Å²) in [6.45, 7) is 0. The van der Waals surface area contributed by atoms with E-state index in [0.717, 1.165) is 45.0 Å². The molecule has 0 N–H and O–H groups in total. The molecular formula is C60H42N2. The Balaban J connectivity index is 1.16. The van der Waals surface area contributed by atoms with Crippen LogP contribution in [0.2, 0.25) is 0 Å². The molecule has 0 bridgehead atoms. The van der Waals surface area contributed by atoms with Gasteiger partial charge in [0.05, 0.1) is 16.7 Å². The van der Waals surface area contributed by atoms with E-state index < -0.39 is 0 Å². The van der Waals surface area contributed by atoms with Crippen molar-refractivity contribution in [1.29, 1.82) is 0 Å². The first-order valence-electron chi connectivity index (χ1n) is 21.3. The Kier molecular flexibility index (Phi) is 9.57. The van der Waals surface area contributed by atoms with Crippen molar-refractivity contribution in [1.82, 2.24) is 4.57 Å². The molecule has 0 aliphatic carbocycles. The van der Waals surface area contributed by atoms with E-state index in [4.69, 9.17) is 0 Å². The number of hydrogen-bond acceptors (Lipinski definition) is 1. The van der Waals surface area contributed by atoms with Crippen molar-refractivity contribution >= 4 is 38.9 Å². The molecule has 2 nitrogen and oxygen atoms in total. The molecule has 0 saturated heterocycles. The number of nitrogens with zero attached hydrogens (tertiary/aromatic N) is 2. The third-order valence-electron chi connectivity index (χ3n) is 12.0. The Morgan fingerprint density at radius 1 is 0.258 bits per heavy atom. The van der Waals surface area contributed by atoms with Crippen molar-refractivity contribution in [2.75, 3.05) is 4.90 Å². The third kappa shape index (κ3) is 6.84. The zero-order valence-corrected chi connectivity index (χ0v) is 34.1. The summed E-state index contributed by atoms with van der Waals surface area (Å²) >= 11 is 0. The predicted octanol–water partition coefficient (Wildman–Crippen LogP) is 16.6. The van der Waals surface area contributed by atoms with Crippen LogP contribution in [0, 0.1) is 0 Å². The number of anilines is 3. The molecule has 0 amide bonds. The summed E-state index contributed by atoms with van der Waals surface area (Å²) in [5.41, 5.74) is 18.5. The summed E-state index contributed by atoms with van der Waals surface area (Å²) in [4.78, 5) is 2.44. The number of hydrogen-bond donors (Lipinski definition) is 0. The molecule has 2 heteroatoms. The van der Waals surface area contributed by atoms with Crippen LogP contribution in [-0.4, -0.2) is 4.57 Å². The molecular weight excluding hydrogens is 749 g/mol. The standard InChI is InChI=1S/C60H42N2/c1-6-18-43(19-7-1)45-30-33-50(34-31-45)61(59-40-49(44-20-8-2-9-21-44)32-37-54(59)47-24-12-4-13-25-47)52-36-39-56-55-28-16-17-29-58(55)62(60(56)42-52)51-35-38-53(46-22-10-3-11-23-46)57(41-51)48-26-14-5-15-27-48/h1-42H. The fourth-order valence-electron chi connectivity index (χ4n) is 9.02. The maximum atomic E-state index is 2.45. The Hall–Kier alpha value is -8.20. The largest absolute Gasteiger partial charge is 0.310 e. The van der Waals surface area contributed by atoms with Crippen molar-refractivity contribution in [3.8, 4) is 61.3 Å². The minimum atomic E-state index is 1.07. The van der Waals surface area contributed by atoms with Gasteiger partial charge in [-0.25, -0.2) is 0 Å². The van der Waals surface area contributed by atoms with Crippen molar-refractivity contribution < 1.29 is 0 Å². The predicted molar refractivity (Wildman–Crippen MR) is 263 cm³/mol. The Morgan fingerprint density at radius 2 is 0.710 bits per heavy atom. The zero-order valence-electron chi connectivity index (χ0n) is 34.1. The SMILES string of the molecule is c1ccc(-c2ccc(N(c3ccc4c5ccccc5n(-c5ccc(-c6ccccc6)c(-c6ccccc6)c5)c4c3)c3cc(-c4ccccc4)ccc3-c3ccccc3)cc2)cc1. The van der Waals surface area contributed by atoms with E-state index in [1.165, 1.54) is 55.2 Å². The van der Waals surface area contributed by atoms with Gasteiger partial charge in [0.1, 0.15) is 0 Å². The lowest BCUT2D eigenvalue weighted by Crippen LogP contribution is -2.12. The van der Waals surface area contributed by atoms with Crippen LogP contribution < -0.4 is 4.90 Å². The van der Waals surface area contributed by atoms with E-state index in [9.17, 15) is 0 Å². The summed E-state index contributed by atoms with van der Waals surface area (Å²) < 4.78 is 2.45. The second kappa shape index (κ2) is 16.1. The topological polar surface area (TPSA) is 8.17 Å². The molecule has 11 aromatic rings. The summed E-state index contributed by atoms with van der Waals surface area (Å²) in [5, 5.41) is 2.43. The number of rotatable bonds is 9. The van der Waals surface area contributed by atoms with Gasteiger partial charge < -0.3 is 9.47 Å². The van der Waals surface area contributed by atoms with E-state index >= 15 is 0 Å². The minimum Gasteiger partial charge on any atom is -0.310 e. The van der Waals surface area contributed by atoms with E-state index in [0.29, 0.717) is 0 Å². The lowest BCUT2D eigenvalue weighted by molar-refractivity contribution is 1.18. The molecule has 10 aromatic carbocycles. The van der Waals surface area contributed by atoms with Crippen LogP contribution in [0.3, 0.4) is 0 Å². The maximum Gasteiger partial charge on any atom is 0.0561 e. The molecule has 0 fully saturated rings. The van der Waals surface area contributed by atoms with Gasteiger partial charge in [-0.05, 0) is 98.6 Å². The Bertz CT molecular complexity index is 3300. The summed E-state index contributed by atoms with van der Waals surface area (Å²) in [7, 11) is 0. The van der Waals surface area contributed by atoms with Crippen LogP contribution >= 0.6 is 0 Å². The van der Waals surface area contributed by atoms with Crippen molar-refractivity contribution in [2.24, 2.45) is 0 Å². The molecule has 0 radical (unpaired) electrons. The van der Waals surface area contributed by atoms with E-state index in [1.807, 2.05) is 0 Å². The summed E-state index contributed by atoms with van der Waals surface area (Å²) in [6.07, 6.45) is 0. The van der Waals surface area contributed by atoms with Gasteiger partial charge in [0.25, 0.3) is 0 Å². The fraction of sp³-hybridized carbons (Fsp3) is 0. The van der Waals surface area contributed by atoms with Gasteiger partial charge >= 0.3 is 0 Å². The van der Waals surface area contributed by atoms with Gasteiger partial charge in [0.2, 0.25) is 0 Å². The lowest BCUT2D eigenvalue weighted by atomic mass is 9.94. The molecule has 292 valence electrons. The number of benzene rings is 10. The van der Waals surface area contributed by atoms with Gasteiger partial charge in [-0.15, -0.1) is 0 Å². The van der Waals surface area contributed by atoms with Gasteiger partial charge in [0, 0.05) is 33.4 Å². The highest BCUT2D eigenvalue weighted by Crippen LogP contribution is 2.45. The Labute approximate surface area is 362 Å². The van der Waals surface area contributed by atoms with Gasteiger partial charge in [-0.2, -0.15) is 0 Å². The van der Waals surface area contributed by atoms with Gasteiger partial charge in [-0.1, -0.05) is 206 Å². The number of fused-ring (bicyclic) bond motifs is 3. The van der Waals surface area contributed by atoms with Crippen LogP contribution in [0.1, 0.15) is 0 Å².